The summed E-state index contributed by atoms with van der Waals surface area (Å²) in [6, 6.07) is 0.565. The van der Waals surface area contributed by atoms with Crippen LogP contribution >= 0.6 is 0 Å². The molecular weight excluding hydrogens is 148 g/mol. The standard InChI is InChI=1S/C10H22N2/c1-4-7(2)5-10(12-11)9-6-8(9)3/h7-10,12H,4-6,11H2,1-3H3. The molecule has 0 heterocycles. The van der Waals surface area contributed by atoms with Crippen LogP contribution in [0.2, 0.25) is 0 Å². The van der Waals surface area contributed by atoms with E-state index in [9.17, 15) is 0 Å². The van der Waals surface area contributed by atoms with Crippen LogP contribution in [0.1, 0.15) is 40.0 Å². The van der Waals surface area contributed by atoms with Gasteiger partial charge in [0.1, 0.15) is 0 Å². The van der Waals surface area contributed by atoms with Crippen molar-refractivity contribution in [3.63, 3.8) is 0 Å². The van der Waals surface area contributed by atoms with Gasteiger partial charge in [-0.25, -0.2) is 0 Å². The fraction of sp³-hybridized carbons (Fsp3) is 1.00. The highest BCUT2D eigenvalue weighted by molar-refractivity contribution is 4.91. The minimum absolute atomic E-state index is 0.565. The van der Waals surface area contributed by atoms with Crippen molar-refractivity contribution in [2.45, 2.75) is 46.1 Å². The maximum Gasteiger partial charge on any atom is 0.0243 e. The van der Waals surface area contributed by atoms with Crippen LogP contribution in [0.4, 0.5) is 0 Å². The lowest BCUT2D eigenvalue weighted by molar-refractivity contribution is 0.359. The minimum atomic E-state index is 0.565. The quantitative estimate of drug-likeness (QED) is 0.488. The average Bonchev–Trinajstić information content (AvgIpc) is 2.77. The monoisotopic (exact) mass is 170 g/mol. The van der Waals surface area contributed by atoms with Gasteiger partial charge in [0.15, 0.2) is 0 Å². The van der Waals surface area contributed by atoms with Gasteiger partial charge in [0, 0.05) is 6.04 Å². The molecule has 72 valence electrons. The largest absolute Gasteiger partial charge is 0.271 e. The SMILES string of the molecule is CCC(C)CC(NN)C1CC1C. The Morgan fingerprint density at radius 3 is 2.50 bits per heavy atom. The van der Waals surface area contributed by atoms with E-state index in [0.717, 1.165) is 17.8 Å². The second-order valence-electron chi connectivity index (χ2n) is 4.40. The zero-order valence-electron chi connectivity index (χ0n) is 8.51. The molecule has 0 aliphatic heterocycles. The van der Waals surface area contributed by atoms with E-state index >= 15 is 0 Å². The molecule has 3 N–H and O–H groups in total. The summed E-state index contributed by atoms with van der Waals surface area (Å²) < 4.78 is 0. The summed E-state index contributed by atoms with van der Waals surface area (Å²) in [5, 5.41) is 0. The molecule has 0 spiro atoms. The van der Waals surface area contributed by atoms with E-state index in [1.54, 1.807) is 0 Å². The van der Waals surface area contributed by atoms with Gasteiger partial charge < -0.3 is 0 Å². The summed E-state index contributed by atoms with van der Waals surface area (Å²) in [5.41, 5.74) is 2.96. The van der Waals surface area contributed by atoms with Crippen LogP contribution in [0.5, 0.6) is 0 Å². The van der Waals surface area contributed by atoms with E-state index in [4.69, 9.17) is 5.84 Å². The summed E-state index contributed by atoms with van der Waals surface area (Å²) >= 11 is 0. The van der Waals surface area contributed by atoms with Gasteiger partial charge in [0.05, 0.1) is 0 Å². The first-order chi connectivity index (χ1) is 5.69. The third-order valence-electron chi connectivity index (χ3n) is 3.26. The maximum absolute atomic E-state index is 5.53. The number of nitrogens with two attached hydrogens (primary N) is 1. The molecule has 0 aromatic rings. The predicted octanol–water partition coefficient (Wildman–Crippen LogP) is 1.91. The second kappa shape index (κ2) is 4.24. The molecule has 0 saturated heterocycles. The van der Waals surface area contributed by atoms with Gasteiger partial charge in [0.2, 0.25) is 0 Å². The number of hydrogen-bond acceptors (Lipinski definition) is 2. The molecule has 0 amide bonds. The Morgan fingerprint density at radius 1 is 1.58 bits per heavy atom. The van der Waals surface area contributed by atoms with Gasteiger partial charge in [-0.3, -0.25) is 11.3 Å². The lowest BCUT2D eigenvalue weighted by Crippen LogP contribution is -2.38. The first-order valence-electron chi connectivity index (χ1n) is 5.15. The Morgan fingerprint density at radius 2 is 2.17 bits per heavy atom. The molecule has 0 bridgehead atoms. The Bertz CT molecular complexity index is 136. The fourth-order valence-electron chi connectivity index (χ4n) is 1.88. The van der Waals surface area contributed by atoms with Gasteiger partial charge >= 0.3 is 0 Å². The van der Waals surface area contributed by atoms with E-state index in [0.29, 0.717) is 6.04 Å². The van der Waals surface area contributed by atoms with Gasteiger partial charge in [-0.1, -0.05) is 27.2 Å². The van der Waals surface area contributed by atoms with Crippen LogP contribution in [0.15, 0.2) is 0 Å². The van der Waals surface area contributed by atoms with Gasteiger partial charge in [-0.2, -0.15) is 0 Å². The van der Waals surface area contributed by atoms with Crippen LogP contribution in [-0.4, -0.2) is 6.04 Å². The smallest absolute Gasteiger partial charge is 0.0243 e. The zero-order valence-corrected chi connectivity index (χ0v) is 8.51. The van der Waals surface area contributed by atoms with Crippen molar-refractivity contribution in [1.29, 1.82) is 0 Å². The lowest BCUT2D eigenvalue weighted by Gasteiger charge is -2.19. The molecular formula is C10H22N2. The molecule has 1 rings (SSSR count). The molecule has 1 saturated carbocycles. The van der Waals surface area contributed by atoms with Crippen molar-refractivity contribution in [1.82, 2.24) is 5.43 Å². The van der Waals surface area contributed by atoms with Crippen LogP contribution in [0.25, 0.3) is 0 Å². The lowest BCUT2D eigenvalue weighted by atomic mass is 9.96. The van der Waals surface area contributed by atoms with Crippen molar-refractivity contribution in [3.05, 3.63) is 0 Å². The molecule has 1 aliphatic carbocycles. The minimum Gasteiger partial charge on any atom is -0.271 e. The first kappa shape index (κ1) is 10.0. The summed E-state index contributed by atoms with van der Waals surface area (Å²) in [7, 11) is 0. The Labute approximate surface area is 75.9 Å². The fourth-order valence-corrected chi connectivity index (χ4v) is 1.88. The van der Waals surface area contributed by atoms with E-state index in [-0.39, 0.29) is 0 Å². The van der Waals surface area contributed by atoms with Crippen molar-refractivity contribution in [3.8, 4) is 0 Å². The number of hydrazine groups is 1. The van der Waals surface area contributed by atoms with Crippen LogP contribution in [0.3, 0.4) is 0 Å². The molecule has 1 fully saturated rings. The molecule has 0 radical (unpaired) electrons. The molecule has 1 aliphatic rings. The van der Waals surface area contributed by atoms with E-state index < -0.39 is 0 Å². The Kier molecular flexibility index (Phi) is 3.53. The number of rotatable bonds is 5. The predicted molar refractivity (Wildman–Crippen MR) is 52.5 cm³/mol. The van der Waals surface area contributed by atoms with Crippen LogP contribution < -0.4 is 11.3 Å². The molecule has 12 heavy (non-hydrogen) atoms. The van der Waals surface area contributed by atoms with Crippen molar-refractivity contribution in [2.24, 2.45) is 23.6 Å². The first-order valence-corrected chi connectivity index (χ1v) is 5.15. The highest BCUT2D eigenvalue weighted by Crippen LogP contribution is 2.42. The van der Waals surface area contributed by atoms with Gasteiger partial charge in [-0.15, -0.1) is 0 Å². The molecule has 2 nitrogen and oxygen atoms in total. The van der Waals surface area contributed by atoms with Crippen molar-refractivity contribution in [2.75, 3.05) is 0 Å². The van der Waals surface area contributed by atoms with E-state index in [1.807, 2.05) is 0 Å². The summed E-state index contributed by atoms with van der Waals surface area (Å²) in [4.78, 5) is 0. The highest BCUT2D eigenvalue weighted by Gasteiger charge is 2.39. The maximum atomic E-state index is 5.53. The summed E-state index contributed by atoms with van der Waals surface area (Å²) in [6.07, 6.45) is 3.87. The topological polar surface area (TPSA) is 38.0 Å². The highest BCUT2D eigenvalue weighted by atomic mass is 15.2. The van der Waals surface area contributed by atoms with Crippen LogP contribution in [0, 0.1) is 17.8 Å². The third-order valence-corrected chi connectivity index (χ3v) is 3.26. The molecule has 0 aromatic heterocycles. The summed E-state index contributed by atoms with van der Waals surface area (Å²) in [5.74, 6) is 8.08. The second-order valence-corrected chi connectivity index (χ2v) is 4.40. The van der Waals surface area contributed by atoms with E-state index in [1.165, 1.54) is 19.3 Å². The number of hydrogen-bond donors (Lipinski definition) is 2. The zero-order chi connectivity index (χ0) is 9.14. The molecule has 0 aromatic carbocycles. The Balaban J connectivity index is 2.26. The van der Waals surface area contributed by atoms with Gasteiger partial charge in [0.25, 0.3) is 0 Å². The van der Waals surface area contributed by atoms with Crippen molar-refractivity contribution >= 4 is 0 Å². The van der Waals surface area contributed by atoms with Gasteiger partial charge in [-0.05, 0) is 30.6 Å². The van der Waals surface area contributed by atoms with Crippen molar-refractivity contribution < 1.29 is 0 Å². The molecule has 2 heteroatoms. The summed E-state index contributed by atoms with van der Waals surface area (Å²) in [6.45, 7) is 6.86. The average molecular weight is 170 g/mol. The van der Waals surface area contributed by atoms with Crippen LogP contribution in [-0.2, 0) is 0 Å². The molecule has 4 unspecified atom stereocenters. The third kappa shape index (κ3) is 2.46. The molecule has 4 atom stereocenters. The normalized spacial score (nSPS) is 33.0. The van der Waals surface area contributed by atoms with E-state index in [2.05, 4.69) is 26.2 Å². The Hall–Kier alpha value is -0.0800. The number of nitrogens with one attached hydrogen (secondary N) is 1.